The highest BCUT2D eigenvalue weighted by molar-refractivity contribution is 6.00. The maximum Gasteiger partial charge on any atom is 0.123 e. The van der Waals surface area contributed by atoms with Crippen molar-refractivity contribution in [3.63, 3.8) is 0 Å². The first kappa shape index (κ1) is 13.4. The van der Waals surface area contributed by atoms with Gasteiger partial charge in [-0.2, -0.15) is 10.2 Å². The van der Waals surface area contributed by atoms with E-state index in [2.05, 4.69) is 10.2 Å². The molecule has 0 bridgehead atoms. The molecule has 1 aliphatic carbocycles. The SMILES string of the molecule is NCC1=NN=C(CN)C2C(C=O)CCCCCC12. The van der Waals surface area contributed by atoms with Crippen LogP contribution >= 0.6 is 0 Å². The Kier molecular flexibility index (Phi) is 4.60. The van der Waals surface area contributed by atoms with E-state index in [9.17, 15) is 4.79 Å². The minimum absolute atomic E-state index is 0.0228. The number of carbonyl (C=O) groups is 1. The number of rotatable bonds is 3. The van der Waals surface area contributed by atoms with Gasteiger partial charge in [-0.15, -0.1) is 0 Å². The number of carbonyl (C=O) groups excluding carboxylic acids is 1. The van der Waals surface area contributed by atoms with Gasteiger partial charge in [0.15, 0.2) is 0 Å². The molecule has 3 atom stereocenters. The molecule has 0 saturated heterocycles. The standard InChI is InChI=1S/C13H22N4O/c14-6-11-10-5-3-1-2-4-9(8-18)13(10)12(7-15)17-16-11/h8-10,13H,1-7,14-15H2. The normalized spacial score (nSPS) is 32.7. The molecule has 4 N–H and O–H groups in total. The maximum atomic E-state index is 11.4. The summed E-state index contributed by atoms with van der Waals surface area (Å²) in [5.41, 5.74) is 13.3. The Morgan fingerprint density at radius 1 is 1.06 bits per heavy atom. The Labute approximate surface area is 108 Å². The summed E-state index contributed by atoms with van der Waals surface area (Å²) in [7, 11) is 0. The van der Waals surface area contributed by atoms with E-state index in [0.717, 1.165) is 37.0 Å². The molecule has 100 valence electrons. The smallest absolute Gasteiger partial charge is 0.123 e. The van der Waals surface area contributed by atoms with Crippen molar-refractivity contribution in [1.82, 2.24) is 0 Å². The lowest BCUT2D eigenvalue weighted by Crippen LogP contribution is -2.44. The molecule has 3 unspecified atom stereocenters. The average Bonchev–Trinajstić information content (AvgIpc) is 2.38. The summed E-state index contributed by atoms with van der Waals surface area (Å²) in [6.07, 6.45) is 6.52. The minimum atomic E-state index is 0.0228. The molecule has 18 heavy (non-hydrogen) atoms. The number of nitrogens with zero attached hydrogens (tertiary/aromatic N) is 2. The molecule has 1 heterocycles. The molecule has 0 amide bonds. The number of nitrogens with two attached hydrogens (primary N) is 2. The van der Waals surface area contributed by atoms with E-state index in [1.165, 1.54) is 12.8 Å². The van der Waals surface area contributed by atoms with Crippen LogP contribution in [0.2, 0.25) is 0 Å². The van der Waals surface area contributed by atoms with Crippen LogP contribution < -0.4 is 11.5 Å². The number of aldehydes is 1. The van der Waals surface area contributed by atoms with Crippen molar-refractivity contribution in [2.24, 2.45) is 39.4 Å². The van der Waals surface area contributed by atoms with Crippen molar-refractivity contribution in [3.8, 4) is 0 Å². The maximum absolute atomic E-state index is 11.4. The van der Waals surface area contributed by atoms with Crippen LogP contribution in [0.1, 0.15) is 32.1 Å². The zero-order chi connectivity index (χ0) is 13.0. The summed E-state index contributed by atoms with van der Waals surface area (Å²) >= 11 is 0. The third-order valence-corrected chi connectivity index (χ3v) is 4.16. The fourth-order valence-corrected chi connectivity index (χ4v) is 3.22. The number of fused-ring (bicyclic) bond motifs is 1. The second-order valence-corrected chi connectivity index (χ2v) is 5.16. The molecule has 1 saturated carbocycles. The van der Waals surface area contributed by atoms with Gasteiger partial charge in [0.05, 0.1) is 11.4 Å². The van der Waals surface area contributed by atoms with Crippen LogP contribution in [0.5, 0.6) is 0 Å². The zero-order valence-corrected chi connectivity index (χ0v) is 10.7. The third kappa shape index (κ3) is 2.52. The van der Waals surface area contributed by atoms with Crippen LogP contribution in [-0.4, -0.2) is 30.8 Å². The molecule has 0 aromatic heterocycles. The van der Waals surface area contributed by atoms with E-state index in [1.54, 1.807) is 0 Å². The van der Waals surface area contributed by atoms with Gasteiger partial charge in [-0.25, -0.2) is 0 Å². The summed E-state index contributed by atoms with van der Waals surface area (Å²) < 4.78 is 0. The van der Waals surface area contributed by atoms with Crippen molar-refractivity contribution in [2.75, 3.05) is 13.1 Å². The van der Waals surface area contributed by atoms with Crippen LogP contribution in [0.4, 0.5) is 0 Å². The monoisotopic (exact) mass is 250 g/mol. The van der Waals surface area contributed by atoms with Gasteiger partial charge < -0.3 is 16.3 Å². The lowest BCUT2D eigenvalue weighted by molar-refractivity contribution is -0.112. The summed E-state index contributed by atoms with van der Waals surface area (Å²) in [6.45, 7) is 0.807. The highest BCUT2D eigenvalue weighted by Crippen LogP contribution is 2.35. The average molecular weight is 250 g/mol. The van der Waals surface area contributed by atoms with Crippen molar-refractivity contribution in [2.45, 2.75) is 32.1 Å². The summed E-state index contributed by atoms with van der Waals surface area (Å²) in [5.74, 6) is 0.417. The molecular weight excluding hydrogens is 228 g/mol. The van der Waals surface area contributed by atoms with Crippen molar-refractivity contribution >= 4 is 17.7 Å². The zero-order valence-electron chi connectivity index (χ0n) is 10.7. The number of hydrogen-bond acceptors (Lipinski definition) is 5. The van der Waals surface area contributed by atoms with E-state index in [4.69, 9.17) is 11.5 Å². The molecule has 0 aromatic carbocycles. The second kappa shape index (κ2) is 6.20. The molecule has 1 fully saturated rings. The van der Waals surface area contributed by atoms with Gasteiger partial charge in [0, 0.05) is 30.8 Å². The Morgan fingerprint density at radius 3 is 2.39 bits per heavy atom. The first-order chi connectivity index (χ1) is 8.81. The Bertz CT molecular complexity index is 364. The van der Waals surface area contributed by atoms with Gasteiger partial charge in [-0.3, -0.25) is 0 Å². The van der Waals surface area contributed by atoms with Gasteiger partial charge in [0.25, 0.3) is 0 Å². The predicted octanol–water partition coefficient (Wildman–Crippen LogP) is 0.726. The van der Waals surface area contributed by atoms with Crippen LogP contribution in [0, 0.1) is 17.8 Å². The summed E-state index contributed by atoms with van der Waals surface area (Å²) in [6, 6.07) is 0. The van der Waals surface area contributed by atoms with Gasteiger partial charge in [-0.05, 0) is 12.8 Å². The van der Waals surface area contributed by atoms with Crippen LogP contribution in [0.3, 0.4) is 0 Å². The Morgan fingerprint density at radius 2 is 1.72 bits per heavy atom. The molecule has 5 heteroatoms. The fraction of sp³-hybridized carbons (Fsp3) is 0.769. The highest BCUT2D eigenvalue weighted by Gasteiger charge is 2.38. The molecule has 2 rings (SSSR count). The van der Waals surface area contributed by atoms with E-state index in [0.29, 0.717) is 13.1 Å². The van der Waals surface area contributed by atoms with Gasteiger partial charge in [0.1, 0.15) is 6.29 Å². The predicted molar refractivity (Wildman–Crippen MR) is 72.6 cm³/mol. The largest absolute Gasteiger partial charge is 0.325 e. The first-order valence-corrected chi connectivity index (χ1v) is 6.80. The molecule has 0 aromatic rings. The lowest BCUT2D eigenvalue weighted by atomic mass is 9.70. The van der Waals surface area contributed by atoms with E-state index < -0.39 is 0 Å². The molecule has 5 nitrogen and oxygen atoms in total. The topological polar surface area (TPSA) is 93.8 Å². The summed E-state index contributed by atoms with van der Waals surface area (Å²) in [5, 5.41) is 8.41. The molecular formula is C13H22N4O. The highest BCUT2D eigenvalue weighted by atomic mass is 16.1. The van der Waals surface area contributed by atoms with Crippen molar-refractivity contribution in [1.29, 1.82) is 0 Å². The van der Waals surface area contributed by atoms with E-state index in [1.807, 2.05) is 0 Å². The first-order valence-electron chi connectivity index (χ1n) is 6.80. The van der Waals surface area contributed by atoms with Crippen LogP contribution in [0.25, 0.3) is 0 Å². The Hall–Kier alpha value is -1.07. The van der Waals surface area contributed by atoms with Gasteiger partial charge in [0.2, 0.25) is 0 Å². The molecule has 1 aliphatic heterocycles. The Balaban J connectivity index is 2.32. The van der Waals surface area contributed by atoms with Crippen LogP contribution in [-0.2, 0) is 4.79 Å². The minimum Gasteiger partial charge on any atom is -0.325 e. The van der Waals surface area contributed by atoms with E-state index in [-0.39, 0.29) is 17.8 Å². The van der Waals surface area contributed by atoms with E-state index >= 15 is 0 Å². The van der Waals surface area contributed by atoms with Crippen molar-refractivity contribution < 1.29 is 4.79 Å². The second-order valence-electron chi connectivity index (χ2n) is 5.16. The third-order valence-electron chi connectivity index (χ3n) is 4.16. The molecule has 0 spiro atoms. The lowest BCUT2D eigenvalue weighted by Gasteiger charge is -2.36. The molecule has 2 aliphatic rings. The fourth-order valence-electron chi connectivity index (χ4n) is 3.22. The van der Waals surface area contributed by atoms with Gasteiger partial charge >= 0.3 is 0 Å². The van der Waals surface area contributed by atoms with Crippen molar-refractivity contribution in [3.05, 3.63) is 0 Å². The quantitative estimate of drug-likeness (QED) is 0.723. The van der Waals surface area contributed by atoms with Crippen LogP contribution in [0.15, 0.2) is 10.2 Å². The summed E-state index contributed by atoms with van der Waals surface area (Å²) in [4.78, 5) is 11.4. The number of hydrogen-bond donors (Lipinski definition) is 2. The van der Waals surface area contributed by atoms with Gasteiger partial charge in [-0.1, -0.05) is 19.3 Å². The molecule has 0 radical (unpaired) electrons.